The summed E-state index contributed by atoms with van der Waals surface area (Å²) in [5.41, 5.74) is 2.39. The minimum absolute atomic E-state index is 0.0937. The monoisotopic (exact) mass is 332 g/mol. The Balaban J connectivity index is 1.81. The molecule has 0 fully saturated rings. The number of hydrogen-bond acceptors (Lipinski definition) is 5. The van der Waals surface area contributed by atoms with Gasteiger partial charge in [-0.1, -0.05) is 5.16 Å². The van der Waals surface area contributed by atoms with Crippen LogP contribution in [0.3, 0.4) is 0 Å². The molecule has 0 aliphatic rings. The molecule has 24 heavy (non-hydrogen) atoms. The van der Waals surface area contributed by atoms with E-state index in [2.05, 4.69) is 10.5 Å². The van der Waals surface area contributed by atoms with Crippen molar-refractivity contribution in [2.45, 2.75) is 33.8 Å². The lowest BCUT2D eigenvalue weighted by molar-refractivity contribution is 0.0944. The van der Waals surface area contributed by atoms with Crippen molar-refractivity contribution in [2.75, 3.05) is 19.8 Å². The number of nitrogens with zero attached hydrogens (tertiary/aromatic N) is 1. The number of ether oxygens (including phenoxy) is 2. The van der Waals surface area contributed by atoms with Crippen molar-refractivity contribution in [2.24, 2.45) is 0 Å². The zero-order chi connectivity index (χ0) is 17.4. The van der Waals surface area contributed by atoms with Gasteiger partial charge in [-0.25, -0.2) is 0 Å². The van der Waals surface area contributed by atoms with E-state index < -0.39 is 0 Å². The van der Waals surface area contributed by atoms with E-state index >= 15 is 0 Å². The number of amides is 1. The fourth-order valence-electron chi connectivity index (χ4n) is 2.19. The Kier molecular flexibility index (Phi) is 6.81. The van der Waals surface area contributed by atoms with Gasteiger partial charge in [0.2, 0.25) is 0 Å². The molecule has 130 valence electrons. The van der Waals surface area contributed by atoms with Crippen LogP contribution in [0.5, 0.6) is 5.75 Å². The smallest absolute Gasteiger partial charge is 0.251 e. The van der Waals surface area contributed by atoms with Gasteiger partial charge >= 0.3 is 0 Å². The Morgan fingerprint density at radius 3 is 2.62 bits per heavy atom. The van der Waals surface area contributed by atoms with E-state index in [-0.39, 0.29) is 5.91 Å². The number of aromatic nitrogens is 1. The van der Waals surface area contributed by atoms with Crippen molar-refractivity contribution in [1.29, 1.82) is 0 Å². The van der Waals surface area contributed by atoms with Crippen LogP contribution in [0.2, 0.25) is 0 Å². The van der Waals surface area contributed by atoms with Crippen LogP contribution in [0, 0.1) is 13.8 Å². The molecule has 1 aromatic carbocycles. The Morgan fingerprint density at radius 1 is 1.25 bits per heavy atom. The van der Waals surface area contributed by atoms with Gasteiger partial charge in [0.15, 0.2) is 0 Å². The molecule has 6 nitrogen and oxygen atoms in total. The average Bonchev–Trinajstić information content (AvgIpc) is 2.91. The van der Waals surface area contributed by atoms with Gasteiger partial charge in [0.25, 0.3) is 5.91 Å². The number of benzene rings is 1. The lowest BCUT2D eigenvalue weighted by Gasteiger charge is -2.08. The third-order valence-corrected chi connectivity index (χ3v) is 3.64. The van der Waals surface area contributed by atoms with Crippen LogP contribution in [0.15, 0.2) is 28.8 Å². The topological polar surface area (TPSA) is 73.6 Å². The van der Waals surface area contributed by atoms with E-state index in [4.69, 9.17) is 14.0 Å². The largest absolute Gasteiger partial charge is 0.489 e. The van der Waals surface area contributed by atoms with Crippen LogP contribution in [0.4, 0.5) is 0 Å². The Bertz CT molecular complexity index is 630. The first-order valence-electron chi connectivity index (χ1n) is 8.12. The molecule has 0 unspecified atom stereocenters. The Labute approximate surface area is 142 Å². The molecular formula is C18H24N2O4. The van der Waals surface area contributed by atoms with E-state index in [0.717, 1.165) is 23.4 Å². The summed E-state index contributed by atoms with van der Waals surface area (Å²) in [6.07, 6.45) is 0.804. The summed E-state index contributed by atoms with van der Waals surface area (Å²) in [7, 11) is 0. The van der Waals surface area contributed by atoms with E-state index in [1.807, 2.05) is 20.8 Å². The molecule has 2 aromatic rings. The van der Waals surface area contributed by atoms with Gasteiger partial charge in [-0.3, -0.25) is 4.79 Å². The normalized spacial score (nSPS) is 10.6. The maximum Gasteiger partial charge on any atom is 0.251 e. The molecule has 1 aromatic heterocycles. The molecule has 1 amide bonds. The van der Waals surface area contributed by atoms with Crippen molar-refractivity contribution in [3.63, 3.8) is 0 Å². The highest BCUT2D eigenvalue weighted by Gasteiger charge is 2.10. The molecule has 2 rings (SSSR count). The quantitative estimate of drug-likeness (QED) is 0.715. The second kappa shape index (κ2) is 9.08. The molecule has 0 bridgehead atoms. The second-order valence-electron chi connectivity index (χ2n) is 5.42. The van der Waals surface area contributed by atoms with E-state index in [1.165, 1.54) is 0 Å². The van der Waals surface area contributed by atoms with E-state index in [0.29, 0.717) is 37.7 Å². The molecular weight excluding hydrogens is 308 g/mol. The van der Waals surface area contributed by atoms with Crippen LogP contribution in [-0.4, -0.2) is 30.8 Å². The first-order chi connectivity index (χ1) is 11.6. The molecule has 1 heterocycles. The summed E-state index contributed by atoms with van der Waals surface area (Å²) in [6, 6.07) is 7.07. The van der Waals surface area contributed by atoms with Crippen molar-refractivity contribution in [3.8, 4) is 5.75 Å². The number of hydrogen-bond donors (Lipinski definition) is 1. The summed E-state index contributed by atoms with van der Waals surface area (Å²) in [4.78, 5) is 12.0. The summed E-state index contributed by atoms with van der Waals surface area (Å²) in [5.74, 6) is 1.36. The third-order valence-electron chi connectivity index (χ3n) is 3.64. The fourth-order valence-corrected chi connectivity index (χ4v) is 2.19. The zero-order valence-corrected chi connectivity index (χ0v) is 14.4. The van der Waals surface area contributed by atoms with Gasteiger partial charge in [0.1, 0.15) is 18.1 Å². The van der Waals surface area contributed by atoms with Crippen molar-refractivity contribution >= 4 is 5.91 Å². The van der Waals surface area contributed by atoms with Crippen LogP contribution in [0.1, 0.15) is 40.7 Å². The zero-order valence-electron chi connectivity index (χ0n) is 14.4. The lowest BCUT2D eigenvalue weighted by atomic mass is 10.2. The first-order valence-corrected chi connectivity index (χ1v) is 8.12. The fraction of sp³-hybridized carbons (Fsp3) is 0.444. The molecule has 0 aliphatic carbocycles. The molecule has 6 heteroatoms. The van der Waals surface area contributed by atoms with Gasteiger partial charge < -0.3 is 19.3 Å². The Hall–Kier alpha value is -2.34. The molecule has 0 aliphatic heterocycles. The number of nitrogens with one attached hydrogen (secondary N) is 1. The maximum absolute atomic E-state index is 12.0. The highest BCUT2D eigenvalue weighted by atomic mass is 16.5. The van der Waals surface area contributed by atoms with E-state index in [1.54, 1.807) is 24.3 Å². The summed E-state index contributed by atoms with van der Waals surface area (Å²) in [6.45, 7) is 8.04. The molecule has 0 saturated carbocycles. The molecule has 0 spiro atoms. The molecule has 0 atom stereocenters. The minimum atomic E-state index is -0.0937. The highest BCUT2D eigenvalue weighted by Crippen LogP contribution is 2.17. The first kappa shape index (κ1) is 18.0. The minimum Gasteiger partial charge on any atom is -0.489 e. The molecule has 0 saturated heterocycles. The van der Waals surface area contributed by atoms with Gasteiger partial charge in [-0.15, -0.1) is 0 Å². The number of aryl methyl sites for hydroxylation is 2. The molecule has 1 N–H and O–H groups in total. The van der Waals surface area contributed by atoms with Crippen LogP contribution >= 0.6 is 0 Å². The molecule has 0 radical (unpaired) electrons. The van der Waals surface area contributed by atoms with Gasteiger partial charge in [0.05, 0.1) is 11.3 Å². The number of rotatable bonds is 9. The summed E-state index contributed by atoms with van der Waals surface area (Å²) in [5, 5.41) is 6.76. The second-order valence-corrected chi connectivity index (χ2v) is 5.42. The highest BCUT2D eigenvalue weighted by molar-refractivity contribution is 5.94. The standard InChI is InChI=1S/C18H24N2O4/c1-4-22-11-5-10-19-18(21)15-6-8-16(9-7-15)23-12-17-13(2)20-24-14(17)3/h6-9H,4-5,10-12H2,1-3H3,(H,19,21). The Morgan fingerprint density at radius 2 is 2.00 bits per heavy atom. The lowest BCUT2D eigenvalue weighted by Crippen LogP contribution is -2.25. The van der Waals surface area contributed by atoms with Crippen LogP contribution in [0.25, 0.3) is 0 Å². The van der Waals surface area contributed by atoms with Crippen LogP contribution < -0.4 is 10.1 Å². The SMILES string of the molecule is CCOCCCNC(=O)c1ccc(OCc2c(C)noc2C)cc1. The van der Waals surface area contributed by atoms with Crippen molar-refractivity contribution < 1.29 is 18.8 Å². The van der Waals surface area contributed by atoms with Crippen molar-refractivity contribution in [3.05, 3.63) is 46.8 Å². The third kappa shape index (κ3) is 5.09. The van der Waals surface area contributed by atoms with Crippen molar-refractivity contribution in [1.82, 2.24) is 10.5 Å². The van der Waals surface area contributed by atoms with Gasteiger partial charge in [-0.05, 0) is 51.5 Å². The predicted octanol–water partition coefficient (Wildman–Crippen LogP) is 3.03. The van der Waals surface area contributed by atoms with Gasteiger partial charge in [-0.2, -0.15) is 0 Å². The average molecular weight is 332 g/mol. The van der Waals surface area contributed by atoms with Crippen LogP contribution in [-0.2, 0) is 11.3 Å². The predicted molar refractivity (Wildman–Crippen MR) is 90.2 cm³/mol. The maximum atomic E-state index is 12.0. The number of carbonyl (C=O) groups excluding carboxylic acids is 1. The summed E-state index contributed by atoms with van der Waals surface area (Å²) >= 11 is 0. The van der Waals surface area contributed by atoms with E-state index in [9.17, 15) is 4.79 Å². The van der Waals surface area contributed by atoms with Gasteiger partial charge in [0, 0.05) is 25.3 Å². The summed E-state index contributed by atoms with van der Waals surface area (Å²) < 4.78 is 16.1. The number of carbonyl (C=O) groups is 1.